The highest BCUT2D eigenvalue weighted by Gasteiger charge is 2.35. The van der Waals surface area contributed by atoms with Gasteiger partial charge in [-0.25, -0.2) is 17.2 Å². The number of carbonyl (C=O) groups excluding carboxylic acids is 1. The largest absolute Gasteiger partial charge is 0.353 e. The fourth-order valence-corrected chi connectivity index (χ4v) is 5.80. The third kappa shape index (κ3) is 4.38. The molecular weight excluding hydrogens is 386 g/mol. The second-order valence-corrected chi connectivity index (χ2v) is 10.0. The number of halogens is 2. The SMILES string of the molecule is CC1CCCC(NC(=O)C2CCN(S(=O)(=O)c3cc(F)ccc3F)CC2)C1C. The van der Waals surface area contributed by atoms with Gasteiger partial charge in [0.05, 0.1) is 0 Å². The number of piperidine rings is 1. The van der Waals surface area contributed by atoms with Crippen LogP contribution < -0.4 is 5.32 Å². The van der Waals surface area contributed by atoms with Crippen molar-refractivity contribution in [2.75, 3.05) is 13.1 Å². The van der Waals surface area contributed by atoms with Crippen molar-refractivity contribution in [2.24, 2.45) is 17.8 Å². The lowest BCUT2D eigenvalue weighted by Gasteiger charge is -2.36. The van der Waals surface area contributed by atoms with E-state index in [4.69, 9.17) is 0 Å². The molecule has 0 radical (unpaired) electrons. The summed E-state index contributed by atoms with van der Waals surface area (Å²) in [5.41, 5.74) is 0. The smallest absolute Gasteiger partial charge is 0.246 e. The van der Waals surface area contributed by atoms with E-state index < -0.39 is 26.6 Å². The Balaban J connectivity index is 1.61. The second-order valence-electron chi connectivity index (χ2n) is 8.14. The molecule has 0 spiro atoms. The first-order valence-electron chi connectivity index (χ1n) is 9.95. The van der Waals surface area contributed by atoms with Gasteiger partial charge in [-0.1, -0.05) is 26.7 Å². The zero-order chi connectivity index (χ0) is 20.5. The molecule has 0 aromatic heterocycles. The first-order valence-corrected chi connectivity index (χ1v) is 11.4. The van der Waals surface area contributed by atoms with E-state index >= 15 is 0 Å². The van der Waals surface area contributed by atoms with Crippen molar-refractivity contribution in [3.05, 3.63) is 29.8 Å². The van der Waals surface area contributed by atoms with Gasteiger partial charge in [-0.05, 0) is 49.3 Å². The van der Waals surface area contributed by atoms with E-state index in [1.165, 1.54) is 6.42 Å². The average molecular weight is 415 g/mol. The third-order valence-corrected chi connectivity index (χ3v) is 8.28. The number of benzene rings is 1. The molecule has 3 rings (SSSR count). The van der Waals surface area contributed by atoms with Crippen molar-refractivity contribution >= 4 is 15.9 Å². The van der Waals surface area contributed by atoms with Crippen LogP contribution in [0.15, 0.2) is 23.1 Å². The van der Waals surface area contributed by atoms with Crippen molar-refractivity contribution in [3.8, 4) is 0 Å². The number of amides is 1. The molecule has 5 nitrogen and oxygen atoms in total. The Morgan fingerprint density at radius 3 is 2.46 bits per heavy atom. The van der Waals surface area contributed by atoms with Gasteiger partial charge in [0.2, 0.25) is 15.9 Å². The lowest BCUT2D eigenvalue weighted by Crippen LogP contribution is -2.48. The molecular formula is C20H28F2N2O3S. The van der Waals surface area contributed by atoms with E-state index in [2.05, 4.69) is 19.2 Å². The van der Waals surface area contributed by atoms with Crippen LogP contribution in [0.25, 0.3) is 0 Å². The van der Waals surface area contributed by atoms with Crippen LogP contribution in [0.4, 0.5) is 8.78 Å². The predicted octanol–water partition coefficient (Wildman–Crippen LogP) is 3.31. The summed E-state index contributed by atoms with van der Waals surface area (Å²) >= 11 is 0. The van der Waals surface area contributed by atoms with E-state index in [-0.39, 0.29) is 31.0 Å². The van der Waals surface area contributed by atoms with E-state index in [0.29, 0.717) is 30.7 Å². The molecule has 1 amide bonds. The monoisotopic (exact) mass is 414 g/mol. The van der Waals surface area contributed by atoms with Gasteiger partial charge in [-0.15, -0.1) is 0 Å². The van der Waals surface area contributed by atoms with Crippen molar-refractivity contribution < 1.29 is 22.0 Å². The molecule has 1 aromatic rings. The fraction of sp³-hybridized carbons (Fsp3) is 0.650. The number of hydrogen-bond donors (Lipinski definition) is 1. The predicted molar refractivity (Wildman–Crippen MR) is 102 cm³/mol. The van der Waals surface area contributed by atoms with Crippen LogP contribution in [0.5, 0.6) is 0 Å². The Morgan fingerprint density at radius 1 is 1.11 bits per heavy atom. The van der Waals surface area contributed by atoms with Gasteiger partial charge in [0.15, 0.2) is 0 Å². The highest BCUT2D eigenvalue weighted by Crippen LogP contribution is 2.31. The lowest BCUT2D eigenvalue weighted by molar-refractivity contribution is -0.127. The Kier molecular flexibility index (Phi) is 6.39. The number of nitrogens with one attached hydrogen (secondary N) is 1. The van der Waals surface area contributed by atoms with Crippen molar-refractivity contribution in [2.45, 2.75) is 56.9 Å². The van der Waals surface area contributed by atoms with E-state index in [0.717, 1.165) is 29.3 Å². The maximum Gasteiger partial charge on any atom is 0.246 e. The maximum absolute atomic E-state index is 13.9. The zero-order valence-electron chi connectivity index (χ0n) is 16.3. The summed E-state index contributed by atoms with van der Waals surface area (Å²) in [7, 11) is -4.12. The molecule has 1 N–H and O–H groups in total. The van der Waals surface area contributed by atoms with Crippen LogP contribution in [0.1, 0.15) is 46.0 Å². The van der Waals surface area contributed by atoms with E-state index in [9.17, 15) is 22.0 Å². The standard InChI is InChI=1S/C20H28F2N2O3S/c1-13-4-3-5-18(14(13)2)23-20(25)15-8-10-24(11-9-15)28(26,27)19-12-16(21)6-7-17(19)22/h6-7,12-15,18H,3-5,8-11H2,1-2H3,(H,23,25). The van der Waals surface area contributed by atoms with Gasteiger partial charge >= 0.3 is 0 Å². The number of hydrogen-bond acceptors (Lipinski definition) is 3. The number of carbonyl (C=O) groups is 1. The topological polar surface area (TPSA) is 66.5 Å². The lowest BCUT2D eigenvalue weighted by atomic mass is 9.78. The molecule has 1 aliphatic carbocycles. The normalized spacial score (nSPS) is 27.5. The number of sulfonamides is 1. The van der Waals surface area contributed by atoms with Gasteiger partial charge in [-0.2, -0.15) is 4.31 Å². The summed E-state index contributed by atoms with van der Waals surface area (Å²) in [5, 5.41) is 3.15. The molecule has 8 heteroatoms. The first kappa shape index (κ1) is 21.2. The average Bonchev–Trinajstić information content (AvgIpc) is 2.67. The Hall–Kier alpha value is -1.54. The Morgan fingerprint density at radius 2 is 1.79 bits per heavy atom. The summed E-state index contributed by atoms with van der Waals surface area (Å²) in [6, 6.07) is 2.57. The van der Waals surface area contributed by atoms with E-state index in [1.807, 2.05) is 0 Å². The third-order valence-electron chi connectivity index (χ3n) is 6.37. The first-order chi connectivity index (χ1) is 13.2. The van der Waals surface area contributed by atoms with Crippen LogP contribution in [0.3, 0.4) is 0 Å². The molecule has 3 unspecified atom stereocenters. The zero-order valence-corrected chi connectivity index (χ0v) is 17.1. The molecule has 2 aliphatic rings. The van der Waals surface area contributed by atoms with Crippen LogP contribution in [-0.4, -0.2) is 37.8 Å². The summed E-state index contributed by atoms with van der Waals surface area (Å²) in [6.07, 6.45) is 4.01. The van der Waals surface area contributed by atoms with Crippen LogP contribution in [0.2, 0.25) is 0 Å². The second kappa shape index (κ2) is 8.45. The minimum Gasteiger partial charge on any atom is -0.353 e. The molecule has 156 valence electrons. The highest BCUT2D eigenvalue weighted by atomic mass is 32.2. The summed E-state index contributed by atoms with van der Waals surface area (Å²) in [4.78, 5) is 12.0. The van der Waals surface area contributed by atoms with Gasteiger partial charge in [0, 0.05) is 25.0 Å². The van der Waals surface area contributed by atoms with E-state index in [1.54, 1.807) is 0 Å². The summed E-state index contributed by atoms with van der Waals surface area (Å²) in [5.74, 6) is -1.05. The summed E-state index contributed by atoms with van der Waals surface area (Å²) < 4.78 is 53.8. The molecule has 1 aromatic carbocycles. The maximum atomic E-state index is 13.9. The van der Waals surface area contributed by atoms with Crippen molar-refractivity contribution in [1.82, 2.24) is 9.62 Å². The molecule has 1 saturated heterocycles. The van der Waals surface area contributed by atoms with Crippen LogP contribution >= 0.6 is 0 Å². The molecule has 3 atom stereocenters. The van der Waals surface area contributed by atoms with Gasteiger partial charge in [0.1, 0.15) is 16.5 Å². The van der Waals surface area contributed by atoms with Gasteiger partial charge in [-0.3, -0.25) is 4.79 Å². The summed E-state index contributed by atoms with van der Waals surface area (Å²) in [6.45, 7) is 4.61. The van der Waals surface area contributed by atoms with Crippen LogP contribution in [0, 0.1) is 29.4 Å². The van der Waals surface area contributed by atoms with Gasteiger partial charge < -0.3 is 5.32 Å². The Labute approximate surface area is 165 Å². The fourth-order valence-electron chi connectivity index (χ4n) is 4.26. The molecule has 28 heavy (non-hydrogen) atoms. The molecule has 1 heterocycles. The number of rotatable bonds is 4. The number of nitrogens with zero attached hydrogens (tertiary/aromatic N) is 1. The van der Waals surface area contributed by atoms with Crippen molar-refractivity contribution in [3.63, 3.8) is 0 Å². The quantitative estimate of drug-likeness (QED) is 0.822. The minimum atomic E-state index is -4.12. The molecule has 2 fully saturated rings. The molecule has 1 saturated carbocycles. The van der Waals surface area contributed by atoms with Crippen LogP contribution in [-0.2, 0) is 14.8 Å². The molecule has 0 bridgehead atoms. The highest BCUT2D eigenvalue weighted by molar-refractivity contribution is 7.89. The van der Waals surface area contributed by atoms with Gasteiger partial charge in [0.25, 0.3) is 0 Å². The van der Waals surface area contributed by atoms with Crippen molar-refractivity contribution in [1.29, 1.82) is 0 Å². The minimum absolute atomic E-state index is 0.0278. The molecule has 1 aliphatic heterocycles. The Bertz CT molecular complexity index is 823.